The first kappa shape index (κ1) is 20.1. The molecule has 0 saturated heterocycles. The third-order valence-corrected chi connectivity index (χ3v) is 3.96. The minimum atomic E-state index is -0.525. The molecule has 0 aliphatic carbocycles. The maximum Gasteiger partial charge on any atom is 0.343 e. The van der Waals surface area contributed by atoms with Crippen molar-refractivity contribution in [3.63, 3.8) is 0 Å². The largest absolute Gasteiger partial charge is 0.484 e. The van der Waals surface area contributed by atoms with Crippen LogP contribution >= 0.6 is 11.6 Å². The van der Waals surface area contributed by atoms with Crippen molar-refractivity contribution in [2.24, 2.45) is 5.10 Å². The Morgan fingerprint density at radius 2 is 1.62 bits per heavy atom. The molecular weight excluding hydrogens is 392 g/mol. The van der Waals surface area contributed by atoms with Gasteiger partial charge in [0, 0.05) is 10.6 Å². The number of amides is 1. The first-order chi connectivity index (χ1) is 14.1. The highest BCUT2D eigenvalue weighted by atomic mass is 35.5. The summed E-state index contributed by atoms with van der Waals surface area (Å²) < 4.78 is 10.8. The van der Waals surface area contributed by atoms with Crippen LogP contribution in [0.4, 0.5) is 0 Å². The van der Waals surface area contributed by atoms with Crippen LogP contribution in [-0.4, -0.2) is 24.7 Å². The Hall–Kier alpha value is -3.64. The van der Waals surface area contributed by atoms with Gasteiger partial charge in [-0.05, 0) is 48.5 Å². The molecule has 7 heteroatoms. The smallest absolute Gasteiger partial charge is 0.343 e. The van der Waals surface area contributed by atoms with E-state index in [0.717, 1.165) is 0 Å². The number of carbonyl (C=O) groups excluding carboxylic acids is 2. The lowest BCUT2D eigenvalue weighted by molar-refractivity contribution is -0.123. The number of halogens is 1. The number of ether oxygens (including phenoxy) is 2. The predicted molar refractivity (Wildman–Crippen MR) is 111 cm³/mol. The summed E-state index contributed by atoms with van der Waals surface area (Å²) in [6.07, 6.45) is 1.39. The molecule has 6 nitrogen and oxygen atoms in total. The molecule has 0 saturated carbocycles. The Balaban J connectivity index is 1.57. The molecule has 0 heterocycles. The van der Waals surface area contributed by atoms with E-state index in [-0.39, 0.29) is 6.61 Å². The average Bonchev–Trinajstić information content (AvgIpc) is 2.74. The van der Waals surface area contributed by atoms with Crippen molar-refractivity contribution in [2.75, 3.05) is 6.61 Å². The highest BCUT2D eigenvalue weighted by Crippen LogP contribution is 2.18. The molecule has 0 spiro atoms. The summed E-state index contributed by atoms with van der Waals surface area (Å²) >= 11 is 5.83. The van der Waals surface area contributed by atoms with Crippen LogP contribution in [0.5, 0.6) is 11.5 Å². The van der Waals surface area contributed by atoms with Gasteiger partial charge in [-0.2, -0.15) is 5.10 Å². The standard InChI is InChI=1S/C22H17ClN2O4/c23-18-12-10-16(11-13-18)22(27)29-20-9-5-4-6-17(20)14-24-25-21(26)15-28-19-7-2-1-3-8-19/h1-14H,15H2,(H,25,26)/b24-14-. The minimum Gasteiger partial charge on any atom is -0.484 e. The zero-order valence-electron chi connectivity index (χ0n) is 15.2. The molecule has 3 aromatic rings. The number of esters is 1. The number of hydrogen-bond donors (Lipinski definition) is 1. The number of nitrogens with one attached hydrogen (secondary N) is 1. The lowest BCUT2D eigenvalue weighted by atomic mass is 10.2. The number of nitrogens with zero attached hydrogens (tertiary/aromatic N) is 1. The molecule has 0 unspecified atom stereocenters. The highest BCUT2D eigenvalue weighted by Gasteiger charge is 2.11. The van der Waals surface area contributed by atoms with Gasteiger partial charge in [0.2, 0.25) is 0 Å². The van der Waals surface area contributed by atoms with Crippen molar-refractivity contribution in [3.05, 3.63) is 95.0 Å². The van der Waals surface area contributed by atoms with Gasteiger partial charge in [0.05, 0.1) is 11.8 Å². The van der Waals surface area contributed by atoms with E-state index >= 15 is 0 Å². The van der Waals surface area contributed by atoms with Gasteiger partial charge in [0.15, 0.2) is 6.61 Å². The maximum absolute atomic E-state index is 12.3. The minimum absolute atomic E-state index is 0.172. The van der Waals surface area contributed by atoms with E-state index in [1.54, 1.807) is 60.7 Å². The zero-order chi connectivity index (χ0) is 20.5. The van der Waals surface area contributed by atoms with Crippen molar-refractivity contribution >= 4 is 29.7 Å². The van der Waals surface area contributed by atoms with Crippen LogP contribution < -0.4 is 14.9 Å². The number of rotatable bonds is 7. The van der Waals surface area contributed by atoms with Crippen LogP contribution in [-0.2, 0) is 4.79 Å². The molecule has 0 aliphatic heterocycles. The topological polar surface area (TPSA) is 77.0 Å². The molecule has 0 aromatic heterocycles. The van der Waals surface area contributed by atoms with E-state index in [9.17, 15) is 9.59 Å². The summed E-state index contributed by atoms with van der Waals surface area (Å²) in [6, 6.07) is 22.2. The molecule has 0 bridgehead atoms. The Morgan fingerprint density at radius 1 is 0.931 bits per heavy atom. The van der Waals surface area contributed by atoms with Gasteiger partial charge < -0.3 is 9.47 Å². The molecule has 3 rings (SSSR count). The predicted octanol–water partition coefficient (Wildman–Crippen LogP) is 4.09. The first-order valence-electron chi connectivity index (χ1n) is 8.68. The third-order valence-electron chi connectivity index (χ3n) is 3.71. The summed E-state index contributed by atoms with van der Waals surface area (Å²) in [6.45, 7) is -0.172. The van der Waals surface area contributed by atoms with Crippen molar-refractivity contribution in [1.82, 2.24) is 5.43 Å². The van der Waals surface area contributed by atoms with Crippen molar-refractivity contribution in [3.8, 4) is 11.5 Å². The quantitative estimate of drug-likeness (QED) is 0.276. The van der Waals surface area contributed by atoms with Gasteiger partial charge in [-0.3, -0.25) is 4.79 Å². The van der Waals surface area contributed by atoms with Crippen molar-refractivity contribution in [2.45, 2.75) is 0 Å². The Kier molecular flexibility index (Phi) is 6.97. The molecule has 1 N–H and O–H groups in total. The highest BCUT2D eigenvalue weighted by molar-refractivity contribution is 6.30. The van der Waals surface area contributed by atoms with E-state index in [2.05, 4.69) is 10.5 Å². The number of para-hydroxylation sites is 2. The molecule has 0 fully saturated rings. The second kappa shape index (κ2) is 10.1. The molecule has 1 amide bonds. The van der Waals surface area contributed by atoms with Crippen LogP contribution in [0.2, 0.25) is 5.02 Å². The van der Waals surface area contributed by atoms with Crippen LogP contribution in [0.15, 0.2) is 84.0 Å². The van der Waals surface area contributed by atoms with Crippen molar-refractivity contribution in [1.29, 1.82) is 0 Å². The maximum atomic E-state index is 12.3. The number of benzene rings is 3. The SMILES string of the molecule is O=C(COc1ccccc1)N/N=C\c1ccccc1OC(=O)c1ccc(Cl)cc1. The van der Waals surface area contributed by atoms with Gasteiger partial charge >= 0.3 is 5.97 Å². The van der Waals surface area contributed by atoms with Gasteiger partial charge in [-0.1, -0.05) is 41.9 Å². The van der Waals surface area contributed by atoms with Crippen molar-refractivity contribution < 1.29 is 19.1 Å². The number of hydrogen-bond acceptors (Lipinski definition) is 5. The molecule has 29 heavy (non-hydrogen) atoms. The summed E-state index contributed by atoms with van der Waals surface area (Å²) in [5, 5.41) is 4.42. The fourth-order valence-electron chi connectivity index (χ4n) is 2.30. The second-order valence-corrected chi connectivity index (χ2v) is 6.27. The Labute approximate surface area is 172 Å². The van der Waals surface area contributed by atoms with Gasteiger partial charge in [-0.15, -0.1) is 0 Å². The normalized spacial score (nSPS) is 10.5. The average molecular weight is 409 g/mol. The van der Waals surface area contributed by atoms with E-state index in [4.69, 9.17) is 21.1 Å². The summed E-state index contributed by atoms with van der Waals surface area (Å²) in [4.78, 5) is 24.1. The van der Waals surface area contributed by atoms with Gasteiger partial charge in [0.1, 0.15) is 11.5 Å². The molecule has 3 aromatic carbocycles. The van der Waals surface area contributed by atoms with E-state index in [1.807, 2.05) is 18.2 Å². The van der Waals surface area contributed by atoms with Crippen LogP contribution in [0.3, 0.4) is 0 Å². The van der Waals surface area contributed by atoms with E-state index < -0.39 is 11.9 Å². The van der Waals surface area contributed by atoms with Crippen LogP contribution in [0.25, 0.3) is 0 Å². The molecule has 0 atom stereocenters. The van der Waals surface area contributed by atoms with Crippen LogP contribution in [0.1, 0.15) is 15.9 Å². The molecular formula is C22H17ClN2O4. The summed E-state index contributed by atoms with van der Waals surface area (Å²) in [7, 11) is 0. The van der Waals surface area contributed by atoms with Gasteiger partial charge in [-0.25, -0.2) is 10.2 Å². The fourth-order valence-corrected chi connectivity index (χ4v) is 2.42. The first-order valence-corrected chi connectivity index (χ1v) is 9.06. The molecule has 0 aliphatic rings. The summed E-state index contributed by atoms with van der Waals surface area (Å²) in [5.74, 6) is -0.0411. The van der Waals surface area contributed by atoms with Gasteiger partial charge in [0.25, 0.3) is 5.91 Å². The lowest BCUT2D eigenvalue weighted by Crippen LogP contribution is -2.24. The zero-order valence-corrected chi connectivity index (χ0v) is 16.0. The summed E-state index contributed by atoms with van der Waals surface area (Å²) in [5.41, 5.74) is 3.27. The monoisotopic (exact) mass is 408 g/mol. The van der Waals surface area contributed by atoms with E-state index in [1.165, 1.54) is 6.21 Å². The Bertz CT molecular complexity index is 1000. The molecule has 0 radical (unpaired) electrons. The number of hydrazone groups is 1. The number of carbonyl (C=O) groups is 2. The Morgan fingerprint density at radius 3 is 2.38 bits per heavy atom. The fraction of sp³-hybridized carbons (Fsp3) is 0.0455. The van der Waals surface area contributed by atoms with Crippen LogP contribution in [0, 0.1) is 0 Å². The second-order valence-electron chi connectivity index (χ2n) is 5.83. The van der Waals surface area contributed by atoms with E-state index in [0.29, 0.717) is 27.6 Å². The lowest BCUT2D eigenvalue weighted by Gasteiger charge is -2.07. The molecule has 146 valence electrons. The third kappa shape index (κ3) is 6.19.